The molecule has 2 rings (SSSR count). The van der Waals surface area contributed by atoms with E-state index in [-0.39, 0.29) is 22.6 Å². The van der Waals surface area contributed by atoms with Gasteiger partial charge in [-0.15, -0.1) is 0 Å². The second-order valence-electron chi connectivity index (χ2n) is 3.58. The molecular formula is C7H9N3O7S2. The van der Waals surface area contributed by atoms with Crippen LogP contribution in [-0.4, -0.2) is 16.8 Å². The second kappa shape index (κ2) is 3.79. The zero-order chi connectivity index (χ0) is 14.6. The van der Waals surface area contributed by atoms with Gasteiger partial charge in [-0.2, -0.15) is 16.8 Å². The summed E-state index contributed by atoms with van der Waals surface area (Å²) < 4.78 is 57.7. The van der Waals surface area contributed by atoms with Gasteiger partial charge in [-0.25, -0.2) is 0 Å². The van der Waals surface area contributed by atoms with Crippen LogP contribution >= 0.6 is 0 Å². The van der Waals surface area contributed by atoms with Gasteiger partial charge in [0.05, 0.1) is 11.4 Å². The maximum Gasteiger partial charge on any atom is 0.466 e. The van der Waals surface area contributed by atoms with Crippen LogP contribution in [0.25, 0.3) is 0 Å². The molecule has 1 aromatic rings. The van der Waals surface area contributed by atoms with Crippen LogP contribution in [0.4, 0.5) is 17.1 Å². The van der Waals surface area contributed by atoms with Crippen molar-refractivity contribution in [1.29, 1.82) is 0 Å². The van der Waals surface area contributed by atoms with E-state index in [0.717, 1.165) is 0 Å². The number of nitrogen functional groups attached to an aromatic ring is 3. The number of hydrogen-bond donors (Lipinski definition) is 3. The van der Waals surface area contributed by atoms with Gasteiger partial charge in [0.2, 0.25) is 5.75 Å². The summed E-state index contributed by atoms with van der Waals surface area (Å²) in [7, 11) is -9.77. The number of nitrogens with two attached hydrogens (primary N) is 3. The molecule has 12 heteroatoms. The van der Waals surface area contributed by atoms with Crippen molar-refractivity contribution in [3.8, 4) is 11.5 Å². The van der Waals surface area contributed by atoms with Crippen molar-refractivity contribution in [1.82, 2.24) is 0 Å². The van der Waals surface area contributed by atoms with E-state index in [1.807, 2.05) is 0 Å². The summed E-state index contributed by atoms with van der Waals surface area (Å²) in [4.78, 5) is 0. The molecule has 0 saturated carbocycles. The van der Waals surface area contributed by atoms with Crippen LogP contribution in [0.3, 0.4) is 0 Å². The molecule has 0 unspecified atom stereocenters. The Kier molecular flexibility index (Phi) is 2.69. The van der Waals surface area contributed by atoms with Crippen molar-refractivity contribution >= 4 is 37.9 Å². The first-order valence-corrected chi connectivity index (χ1v) is 7.27. The first-order valence-electron chi connectivity index (χ1n) is 4.61. The predicted molar refractivity (Wildman–Crippen MR) is 64.6 cm³/mol. The molecule has 1 aliphatic rings. The number of fused-ring (bicyclic) bond motifs is 1. The average molecular weight is 311 g/mol. The van der Waals surface area contributed by atoms with Crippen LogP contribution in [-0.2, 0) is 24.4 Å². The average Bonchev–Trinajstić information content (AvgIpc) is 2.36. The number of rotatable bonds is 0. The fourth-order valence-corrected chi connectivity index (χ4v) is 3.21. The number of benzene rings is 1. The molecule has 0 aromatic heterocycles. The van der Waals surface area contributed by atoms with E-state index in [9.17, 15) is 16.8 Å². The van der Waals surface area contributed by atoms with Crippen molar-refractivity contribution in [2.24, 2.45) is 0 Å². The number of hydrogen-bond acceptors (Lipinski definition) is 10. The van der Waals surface area contributed by atoms with Crippen LogP contribution in [0, 0.1) is 6.92 Å². The summed E-state index contributed by atoms with van der Waals surface area (Å²) in [6.07, 6.45) is 0. The van der Waals surface area contributed by atoms with Gasteiger partial charge in [0, 0.05) is 5.56 Å². The van der Waals surface area contributed by atoms with Crippen molar-refractivity contribution < 1.29 is 28.8 Å². The Labute approximate surface area is 108 Å². The van der Waals surface area contributed by atoms with Crippen LogP contribution in [0.15, 0.2) is 0 Å². The number of anilines is 3. The maximum atomic E-state index is 11.3. The van der Waals surface area contributed by atoms with E-state index in [1.165, 1.54) is 6.92 Å². The SMILES string of the molecule is Cc1c(N)c(N)c(N)c2c1OS(=O)(=O)OS(=O)(=O)O2. The highest BCUT2D eigenvalue weighted by Crippen LogP contribution is 2.47. The summed E-state index contributed by atoms with van der Waals surface area (Å²) in [5.74, 6) is -1.09. The Bertz CT molecular complexity index is 704. The van der Waals surface area contributed by atoms with E-state index in [1.54, 1.807) is 0 Å². The highest BCUT2D eigenvalue weighted by atomic mass is 32.3. The molecule has 6 N–H and O–H groups in total. The molecule has 0 saturated heterocycles. The fourth-order valence-electron chi connectivity index (χ4n) is 1.40. The van der Waals surface area contributed by atoms with Gasteiger partial charge in [0.25, 0.3) is 0 Å². The lowest BCUT2D eigenvalue weighted by atomic mass is 10.1. The van der Waals surface area contributed by atoms with E-state index < -0.39 is 32.3 Å². The zero-order valence-electron chi connectivity index (χ0n) is 9.41. The summed E-state index contributed by atoms with van der Waals surface area (Å²) >= 11 is 0. The summed E-state index contributed by atoms with van der Waals surface area (Å²) in [5, 5.41) is 0. The largest absolute Gasteiger partial charge is 0.466 e. The minimum absolute atomic E-state index is 0.0472. The molecule has 10 nitrogen and oxygen atoms in total. The first-order chi connectivity index (χ1) is 8.54. The highest BCUT2D eigenvalue weighted by Gasteiger charge is 2.37. The third-order valence-electron chi connectivity index (χ3n) is 2.31. The van der Waals surface area contributed by atoms with Gasteiger partial charge in [0.15, 0.2) is 5.75 Å². The van der Waals surface area contributed by atoms with E-state index in [0.29, 0.717) is 0 Å². The van der Waals surface area contributed by atoms with Crippen LogP contribution in [0.1, 0.15) is 5.56 Å². The molecule has 1 aliphatic heterocycles. The molecule has 0 radical (unpaired) electrons. The maximum absolute atomic E-state index is 11.3. The molecule has 0 atom stereocenters. The van der Waals surface area contributed by atoms with E-state index >= 15 is 0 Å². The minimum atomic E-state index is -4.90. The van der Waals surface area contributed by atoms with Gasteiger partial charge in [0.1, 0.15) is 5.69 Å². The Morgan fingerprint density at radius 1 is 0.789 bits per heavy atom. The van der Waals surface area contributed by atoms with Gasteiger partial charge in [-0.05, 0) is 6.92 Å². The lowest BCUT2D eigenvalue weighted by Crippen LogP contribution is -2.18. The Hall–Kier alpha value is -1.92. The summed E-state index contributed by atoms with van der Waals surface area (Å²) in [6.45, 7) is 1.35. The Balaban J connectivity index is 2.87. The van der Waals surface area contributed by atoms with Crippen LogP contribution in [0.2, 0.25) is 0 Å². The second-order valence-corrected chi connectivity index (χ2v) is 6.09. The molecule has 19 heavy (non-hydrogen) atoms. The van der Waals surface area contributed by atoms with E-state index in [2.05, 4.69) is 12.0 Å². The normalized spacial score (nSPS) is 19.6. The lowest BCUT2D eigenvalue weighted by Gasteiger charge is -2.14. The first kappa shape index (κ1) is 13.5. The fraction of sp³-hybridized carbons (Fsp3) is 0.143. The topological polar surface area (TPSA) is 174 Å². The molecular weight excluding hydrogens is 302 g/mol. The van der Waals surface area contributed by atoms with Gasteiger partial charge >= 0.3 is 20.8 Å². The Morgan fingerprint density at radius 3 is 1.79 bits per heavy atom. The van der Waals surface area contributed by atoms with Crippen LogP contribution < -0.4 is 25.6 Å². The quantitative estimate of drug-likeness (QED) is 0.505. The molecule has 1 aromatic carbocycles. The smallest absolute Gasteiger partial charge is 0.397 e. The molecule has 0 amide bonds. The molecule has 1 heterocycles. The lowest BCUT2D eigenvalue weighted by molar-refractivity contribution is 0.372. The van der Waals surface area contributed by atoms with E-state index in [4.69, 9.17) is 17.2 Å². The van der Waals surface area contributed by atoms with Crippen molar-refractivity contribution in [2.45, 2.75) is 6.92 Å². The van der Waals surface area contributed by atoms with Gasteiger partial charge in [-0.1, -0.05) is 3.63 Å². The summed E-state index contributed by atoms with van der Waals surface area (Å²) in [6, 6.07) is 0. The zero-order valence-corrected chi connectivity index (χ0v) is 11.0. The third-order valence-corrected chi connectivity index (χ3v) is 4.39. The highest BCUT2D eigenvalue weighted by molar-refractivity contribution is 7.95. The monoisotopic (exact) mass is 311 g/mol. The predicted octanol–water partition coefficient (Wildman–Crippen LogP) is -0.981. The molecule has 0 fully saturated rings. The van der Waals surface area contributed by atoms with Gasteiger partial charge in [-0.3, -0.25) is 0 Å². The summed E-state index contributed by atoms with van der Waals surface area (Å²) in [5.41, 5.74) is 16.1. The van der Waals surface area contributed by atoms with Crippen LogP contribution in [0.5, 0.6) is 11.5 Å². The molecule has 0 aliphatic carbocycles. The van der Waals surface area contributed by atoms with Gasteiger partial charge < -0.3 is 25.6 Å². The standard InChI is InChI=1S/C7H9N3O7S2/c1-2-3(8)4(9)5(10)7-6(2)15-18(11,12)17-19(13,14)16-7/h8-10H2,1H3. The van der Waals surface area contributed by atoms with Crippen molar-refractivity contribution in [2.75, 3.05) is 17.2 Å². The Morgan fingerprint density at radius 2 is 1.26 bits per heavy atom. The third kappa shape index (κ3) is 2.20. The molecule has 106 valence electrons. The molecule has 0 spiro atoms. The molecule has 0 bridgehead atoms. The minimum Gasteiger partial charge on any atom is -0.397 e. The van der Waals surface area contributed by atoms with Crippen molar-refractivity contribution in [3.05, 3.63) is 5.56 Å². The van der Waals surface area contributed by atoms with Crippen molar-refractivity contribution in [3.63, 3.8) is 0 Å².